The van der Waals surface area contributed by atoms with Gasteiger partial charge in [-0.25, -0.2) is 9.37 Å². The van der Waals surface area contributed by atoms with Crippen molar-refractivity contribution < 1.29 is 9.18 Å². The van der Waals surface area contributed by atoms with Crippen molar-refractivity contribution in [3.8, 4) is 0 Å². The van der Waals surface area contributed by atoms with E-state index >= 15 is 0 Å². The van der Waals surface area contributed by atoms with Crippen LogP contribution in [0.4, 0.5) is 4.39 Å². The fraction of sp³-hybridized carbons (Fsp3) is 0.200. The number of hydrogen-bond acceptors (Lipinski definition) is 3. The maximum absolute atomic E-state index is 12.9. The van der Waals surface area contributed by atoms with Crippen molar-refractivity contribution in [1.82, 2.24) is 14.9 Å². The minimum absolute atomic E-state index is 0.0763. The smallest absolute Gasteiger partial charge is 0.221 e. The molecule has 0 aliphatic rings. The Morgan fingerprint density at radius 3 is 2.56 bits per heavy atom. The summed E-state index contributed by atoms with van der Waals surface area (Å²) in [5, 5.41) is 3.69. The van der Waals surface area contributed by atoms with E-state index < -0.39 is 0 Å². The molecule has 1 heterocycles. The molecular weight excluding hydrogens is 385 g/mol. The van der Waals surface area contributed by atoms with Gasteiger partial charge in [-0.1, -0.05) is 23.7 Å². The van der Waals surface area contributed by atoms with Gasteiger partial charge in [0.1, 0.15) is 17.7 Å². The summed E-state index contributed by atoms with van der Waals surface area (Å²) in [4.78, 5) is 17.8. The number of carbonyl (C=O) groups excluding carboxylic acids is 1. The average molecular weight is 404 g/mol. The molecule has 27 heavy (non-hydrogen) atoms. The molecule has 1 aromatic heterocycles. The molecule has 4 nitrogen and oxygen atoms in total. The zero-order valence-electron chi connectivity index (χ0n) is 14.7. The van der Waals surface area contributed by atoms with Crippen LogP contribution < -0.4 is 5.32 Å². The predicted octanol–water partition coefficient (Wildman–Crippen LogP) is 4.60. The number of benzene rings is 2. The molecule has 0 saturated heterocycles. The van der Waals surface area contributed by atoms with Crippen molar-refractivity contribution in [2.45, 2.75) is 17.4 Å². The number of nitrogens with one attached hydrogen (secondary N) is 1. The van der Waals surface area contributed by atoms with E-state index in [1.165, 1.54) is 23.9 Å². The number of imidazole rings is 1. The maximum Gasteiger partial charge on any atom is 0.221 e. The Hall–Kier alpha value is -2.31. The summed E-state index contributed by atoms with van der Waals surface area (Å²) >= 11 is 7.50. The molecule has 1 atom stereocenters. The standard InChI is InChI=1S/C20H19ClFN3OS/c1-25-12-11-23-20(25)19(14-2-4-15(21)5-3-14)24-18(26)10-13-27-17-8-6-16(22)7-9-17/h2-9,11-12,19H,10,13H2,1H3,(H,24,26)/t19-/m0/s1. The van der Waals surface area contributed by atoms with Crippen LogP contribution in [0.5, 0.6) is 0 Å². The molecule has 1 N–H and O–H groups in total. The second kappa shape index (κ2) is 9.06. The first kappa shape index (κ1) is 19.5. The quantitative estimate of drug-likeness (QED) is 0.586. The molecule has 1 amide bonds. The fourth-order valence-corrected chi connectivity index (χ4v) is 3.61. The Morgan fingerprint density at radius 1 is 1.22 bits per heavy atom. The molecular formula is C20H19ClFN3OS. The van der Waals surface area contributed by atoms with Crippen molar-refractivity contribution in [2.24, 2.45) is 7.05 Å². The first-order valence-corrected chi connectivity index (χ1v) is 9.79. The summed E-state index contributed by atoms with van der Waals surface area (Å²) in [6.45, 7) is 0. The molecule has 0 unspecified atom stereocenters. The third-order valence-corrected chi connectivity index (χ3v) is 5.30. The van der Waals surface area contributed by atoms with Gasteiger partial charge < -0.3 is 9.88 Å². The first-order valence-electron chi connectivity index (χ1n) is 8.43. The molecule has 0 saturated carbocycles. The van der Waals surface area contributed by atoms with E-state index in [1.54, 1.807) is 30.5 Å². The van der Waals surface area contributed by atoms with Crippen LogP contribution in [0.3, 0.4) is 0 Å². The van der Waals surface area contributed by atoms with Gasteiger partial charge in [0.05, 0.1) is 0 Å². The van der Waals surface area contributed by atoms with Gasteiger partial charge in [-0.05, 0) is 42.0 Å². The highest BCUT2D eigenvalue weighted by molar-refractivity contribution is 7.99. The van der Waals surface area contributed by atoms with Gasteiger partial charge in [0, 0.05) is 41.5 Å². The summed E-state index contributed by atoms with van der Waals surface area (Å²) < 4.78 is 14.8. The molecule has 140 valence electrons. The first-order chi connectivity index (χ1) is 13.0. The molecule has 7 heteroatoms. The zero-order valence-corrected chi connectivity index (χ0v) is 16.3. The number of hydrogen-bond donors (Lipinski definition) is 1. The Kier molecular flexibility index (Phi) is 6.53. The Labute approximate surface area is 166 Å². The van der Waals surface area contributed by atoms with Crippen molar-refractivity contribution in [3.05, 3.63) is 83.2 Å². The van der Waals surface area contributed by atoms with Gasteiger partial charge >= 0.3 is 0 Å². The third kappa shape index (κ3) is 5.34. The zero-order chi connectivity index (χ0) is 19.2. The lowest BCUT2D eigenvalue weighted by molar-refractivity contribution is -0.121. The normalized spacial score (nSPS) is 12.0. The largest absolute Gasteiger partial charge is 0.342 e. The summed E-state index contributed by atoms with van der Waals surface area (Å²) in [5.74, 6) is 1.01. The van der Waals surface area contributed by atoms with Crippen LogP contribution in [-0.4, -0.2) is 21.2 Å². The molecule has 3 aromatic rings. The van der Waals surface area contributed by atoms with Crippen molar-refractivity contribution >= 4 is 29.3 Å². The molecule has 0 bridgehead atoms. The lowest BCUT2D eigenvalue weighted by atomic mass is 10.1. The molecule has 0 radical (unpaired) electrons. The number of thioether (sulfide) groups is 1. The number of halogens is 2. The second-order valence-corrected chi connectivity index (χ2v) is 7.61. The molecule has 0 aliphatic carbocycles. The Bertz CT molecular complexity index is 896. The highest BCUT2D eigenvalue weighted by atomic mass is 35.5. The topological polar surface area (TPSA) is 46.9 Å². The third-order valence-electron chi connectivity index (χ3n) is 4.04. The number of carbonyl (C=O) groups is 1. The highest BCUT2D eigenvalue weighted by Gasteiger charge is 2.20. The van der Waals surface area contributed by atoms with Crippen LogP contribution in [-0.2, 0) is 11.8 Å². The van der Waals surface area contributed by atoms with Crippen molar-refractivity contribution in [3.63, 3.8) is 0 Å². The summed E-state index contributed by atoms with van der Waals surface area (Å²) in [6.07, 6.45) is 3.89. The number of nitrogens with zero attached hydrogens (tertiary/aromatic N) is 2. The maximum atomic E-state index is 12.9. The van der Waals surface area contributed by atoms with Crippen molar-refractivity contribution in [2.75, 3.05) is 5.75 Å². The van der Waals surface area contributed by atoms with Gasteiger partial charge in [-0.3, -0.25) is 4.79 Å². The van der Waals surface area contributed by atoms with E-state index in [-0.39, 0.29) is 17.8 Å². The van der Waals surface area contributed by atoms with E-state index in [4.69, 9.17) is 11.6 Å². The van der Waals surface area contributed by atoms with Crippen LogP contribution in [0.1, 0.15) is 23.9 Å². The second-order valence-electron chi connectivity index (χ2n) is 6.00. The van der Waals surface area contributed by atoms with Gasteiger partial charge in [0.15, 0.2) is 0 Å². The number of amides is 1. The molecule has 2 aromatic carbocycles. The number of aromatic nitrogens is 2. The van der Waals surface area contributed by atoms with Crippen LogP contribution in [0, 0.1) is 5.82 Å². The van der Waals surface area contributed by atoms with Gasteiger partial charge in [0.2, 0.25) is 5.91 Å². The molecule has 3 rings (SSSR count). The minimum atomic E-state index is -0.356. The van der Waals surface area contributed by atoms with Gasteiger partial charge in [-0.15, -0.1) is 11.8 Å². The van der Waals surface area contributed by atoms with Gasteiger partial charge in [-0.2, -0.15) is 0 Å². The van der Waals surface area contributed by atoms with E-state index in [9.17, 15) is 9.18 Å². The molecule has 0 spiro atoms. The lowest BCUT2D eigenvalue weighted by Gasteiger charge is -2.19. The van der Waals surface area contributed by atoms with Crippen molar-refractivity contribution in [1.29, 1.82) is 0 Å². The summed E-state index contributed by atoms with van der Waals surface area (Å²) in [5.41, 5.74) is 0.910. The van der Waals surface area contributed by atoms with E-state index in [0.29, 0.717) is 17.2 Å². The fourth-order valence-electron chi connectivity index (χ4n) is 2.63. The Balaban J connectivity index is 1.64. The SMILES string of the molecule is Cn1ccnc1[C@@H](NC(=O)CCSc1ccc(F)cc1)c1ccc(Cl)cc1. The van der Waals surface area contributed by atoms with Crippen LogP contribution >= 0.6 is 23.4 Å². The van der Waals surface area contributed by atoms with Crippen LogP contribution in [0.2, 0.25) is 5.02 Å². The van der Waals surface area contributed by atoms with Crippen LogP contribution in [0.15, 0.2) is 65.8 Å². The Morgan fingerprint density at radius 2 is 1.93 bits per heavy atom. The lowest BCUT2D eigenvalue weighted by Crippen LogP contribution is -2.31. The molecule has 0 fully saturated rings. The van der Waals surface area contributed by atoms with E-state index in [0.717, 1.165) is 16.3 Å². The number of aryl methyl sites for hydroxylation is 1. The van der Waals surface area contributed by atoms with Gasteiger partial charge in [0.25, 0.3) is 0 Å². The van der Waals surface area contributed by atoms with Crippen LogP contribution in [0.25, 0.3) is 0 Å². The summed E-state index contributed by atoms with van der Waals surface area (Å²) in [6, 6.07) is 13.3. The average Bonchev–Trinajstić information content (AvgIpc) is 3.08. The monoisotopic (exact) mass is 403 g/mol. The van der Waals surface area contributed by atoms with E-state index in [2.05, 4.69) is 10.3 Å². The number of rotatable bonds is 7. The van der Waals surface area contributed by atoms with E-state index in [1.807, 2.05) is 29.9 Å². The predicted molar refractivity (Wildman–Crippen MR) is 106 cm³/mol. The molecule has 0 aliphatic heterocycles. The highest BCUT2D eigenvalue weighted by Crippen LogP contribution is 2.23. The minimum Gasteiger partial charge on any atom is -0.342 e. The summed E-state index contributed by atoms with van der Waals surface area (Å²) in [7, 11) is 1.89.